The number of hydrogen-bond donors (Lipinski definition) is 0. The van der Waals surface area contributed by atoms with Gasteiger partial charge in [-0.05, 0) is 12.1 Å². The van der Waals surface area contributed by atoms with Crippen LogP contribution in [-0.4, -0.2) is 27.1 Å². The first-order valence-electron chi connectivity index (χ1n) is 5.01. The molecule has 0 fully saturated rings. The van der Waals surface area contributed by atoms with E-state index in [0.29, 0.717) is 6.61 Å². The van der Waals surface area contributed by atoms with Crippen molar-refractivity contribution in [2.45, 2.75) is 5.16 Å². The Morgan fingerprint density at radius 2 is 2.12 bits per heavy atom. The molecule has 0 aliphatic rings. The fourth-order valence-electron chi connectivity index (χ4n) is 1.21. The lowest BCUT2D eigenvalue weighted by Crippen LogP contribution is -2.01. The highest BCUT2D eigenvalue weighted by Gasteiger charge is 2.00. The second-order valence-corrected chi connectivity index (χ2v) is 4.30. The first-order chi connectivity index (χ1) is 7.86. The number of aryl methyl sites for hydroxylation is 1. The summed E-state index contributed by atoms with van der Waals surface area (Å²) in [5.41, 5.74) is 0. The van der Waals surface area contributed by atoms with Crippen molar-refractivity contribution in [3.05, 3.63) is 36.7 Å². The summed E-state index contributed by atoms with van der Waals surface area (Å²) in [5.74, 6) is 1.77. The standard InChI is InChI=1S/C11H13N3OS/c1-14-9-12-13-11(14)16-8-7-15-10-5-3-2-4-6-10/h2-6,9H,7-8H2,1H3. The van der Waals surface area contributed by atoms with Crippen LogP contribution in [0.25, 0.3) is 0 Å². The molecule has 5 heteroatoms. The third-order valence-electron chi connectivity index (χ3n) is 2.00. The lowest BCUT2D eigenvalue weighted by atomic mass is 10.3. The number of thioether (sulfide) groups is 1. The van der Waals surface area contributed by atoms with Crippen LogP contribution in [-0.2, 0) is 7.05 Å². The largest absolute Gasteiger partial charge is 0.493 e. The number of rotatable bonds is 5. The van der Waals surface area contributed by atoms with Crippen LogP contribution in [0.2, 0.25) is 0 Å². The number of aromatic nitrogens is 3. The maximum Gasteiger partial charge on any atom is 0.190 e. The minimum Gasteiger partial charge on any atom is -0.493 e. The molecule has 2 aromatic rings. The molecule has 1 aromatic heterocycles. The minimum absolute atomic E-state index is 0.668. The molecule has 0 N–H and O–H groups in total. The quantitative estimate of drug-likeness (QED) is 0.587. The van der Waals surface area contributed by atoms with Gasteiger partial charge in [0.25, 0.3) is 0 Å². The maximum atomic E-state index is 5.57. The summed E-state index contributed by atoms with van der Waals surface area (Å²) in [6.45, 7) is 0.668. The molecule has 1 heterocycles. The molecule has 0 saturated carbocycles. The van der Waals surface area contributed by atoms with E-state index in [2.05, 4.69) is 10.2 Å². The molecule has 0 radical (unpaired) electrons. The van der Waals surface area contributed by atoms with E-state index in [9.17, 15) is 0 Å². The average molecular weight is 235 g/mol. The van der Waals surface area contributed by atoms with Gasteiger partial charge in [-0.3, -0.25) is 0 Å². The highest BCUT2D eigenvalue weighted by Crippen LogP contribution is 2.14. The van der Waals surface area contributed by atoms with Gasteiger partial charge in [0.1, 0.15) is 12.1 Å². The van der Waals surface area contributed by atoms with Gasteiger partial charge in [0.2, 0.25) is 0 Å². The second kappa shape index (κ2) is 5.55. The molecule has 0 aliphatic carbocycles. The van der Waals surface area contributed by atoms with Crippen LogP contribution in [0.3, 0.4) is 0 Å². The molecule has 16 heavy (non-hydrogen) atoms. The topological polar surface area (TPSA) is 39.9 Å². The van der Waals surface area contributed by atoms with E-state index in [4.69, 9.17) is 4.74 Å². The Labute approximate surface area is 98.6 Å². The number of ether oxygens (including phenoxy) is 1. The highest BCUT2D eigenvalue weighted by molar-refractivity contribution is 7.99. The van der Waals surface area contributed by atoms with Gasteiger partial charge in [-0.25, -0.2) is 0 Å². The van der Waals surface area contributed by atoms with Gasteiger partial charge in [-0.2, -0.15) is 0 Å². The van der Waals surface area contributed by atoms with Crippen molar-refractivity contribution < 1.29 is 4.74 Å². The predicted octanol–water partition coefficient (Wildman–Crippen LogP) is 1.99. The van der Waals surface area contributed by atoms with Crippen molar-refractivity contribution in [1.29, 1.82) is 0 Å². The van der Waals surface area contributed by atoms with Crippen molar-refractivity contribution in [1.82, 2.24) is 14.8 Å². The van der Waals surface area contributed by atoms with E-state index in [0.717, 1.165) is 16.7 Å². The second-order valence-electron chi connectivity index (χ2n) is 3.23. The summed E-state index contributed by atoms with van der Waals surface area (Å²) < 4.78 is 7.46. The van der Waals surface area contributed by atoms with Gasteiger partial charge in [-0.15, -0.1) is 10.2 Å². The van der Waals surface area contributed by atoms with Crippen molar-refractivity contribution in [2.75, 3.05) is 12.4 Å². The van der Waals surface area contributed by atoms with E-state index in [1.807, 2.05) is 41.9 Å². The molecule has 0 bridgehead atoms. The molecule has 0 unspecified atom stereocenters. The first kappa shape index (κ1) is 11.0. The summed E-state index contributed by atoms with van der Waals surface area (Å²) in [6.07, 6.45) is 1.69. The number of benzene rings is 1. The Bertz CT molecular complexity index is 430. The number of nitrogens with zero attached hydrogens (tertiary/aromatic N) is 3. The van der Waals surface area contributed by atoms with Gasteiger partial charge in [-0.1, -0.05) is 30.0 Å². The Morgan fingerprint density at radius 1 is 1.31 bits per heavy atom. The fraction of sp³-hybridized carbons (Fsp3) is 0.273. The monoisotopic (exact) mass is 235 g/mol. The SMILES string of the molecule is Cn1cnnc1SCCOc1ccccc1. The summed E-state index contributed by atoms with van der Waals surface area (Å²) in [7, 11) is 1.93. The molecule has 0 spiro atoms. The van der Waals surface area contributed by atoms with Gasteiger partial charge >= 0.3 is 0 Å². The molecule has 0 saturated heterocycles. The summed E-state index contributed by atoms with van der Waals surface area (Å²) in [5, 5.41) is 8.70. The highest BCUT2D eigenvalue weighted by atomic mass is 32.2. The van der Waals surface area contributed by atoms with Crippen LogP contribution < -0.4 is 4.74 Å². The molecule has 1 aromatic carbocycles. The van der Waals surface area contributed by atoms with E-state index >= 15 is 0 Å². The Hall–Kier alpha value is -1.49. The number of para-hydroxylation sites is 1. The molecule has 84 valence electrons. The molecular formula is C11H13N3OS. The summed E-state index contributed by atoms with van der Waals surface area (Å²) >= 11 is 1.64. The van der Waals surface area contributed by atoms with Crippen LogP contribution in [0.1, 0.15) is 0 Å². The zero-order chi connectivity index (χ0) is 11.2. The van der Waals surface area contributed by atoms with Crippen molar-refractivity contribution in [3.8, 4) is 5.75 Å². The first-order valence-corrected chi connectivity index (χ1v) is 5.99. The van der Waals surface area contributed by atoms with Crippen molar-refractivity contribution in [2.24, 2.45) is 7.05 Å². The van der Waals surface area contributed by atoms with Crippen LogP contribution in [0, 0.1) is 0 Å². The third kappa shape index (κ3) is 3.00. The van der Waals surface area contributed by atoms with E-state index < -0.39 is 0 Å². The normalized spacial score (nSPS) is 10.3. The smallest absolute Gasteiger partial charge is 0.190 e. The molecule has 0 aliphatic heterocycles. The molecule has 0 atom stereocenters. The van der Waals surface area contributed by atoms with Crippen LogP contribution in [0.5, 0.6) is 5.75 Å². The maximum absolute atomic E-state index is 5.57. The van der Waals surface area contributed by atoms with Gasteiger partial charge in [0.05, 0.1) is 6.61 Å². The van der Waals surface area contributed by atoms with Crippen LogP contribution in [0.4, 0.5) is 0 Å². The molecule has 0 amide bonds. The van der Waals surface area contributed by atoms with Gasteiger partial charge < -0.3 is 9.30 Å². The Morgan fingerprint density at radius 3 is 2.81 bits per heavy atom. The zero-order valence-corrected chi connectivity index (χ0v) is 9.85. The van der Waals surface area contributed by atoms with E-state index in [1.165, 1.54) is 0 Å². The molecule has 2 rings (SSSR count). The van der Waals surface area contributed by atoms with E-state index in [1.54, 1.807) is 18.1 Å². The summed E-state index contributed by atoms with van der Waals surface area (Å²) in [6, 6.07) is 9.80. The predicted molar refractivity (Wildman–Crippen MR) is 63.7 cm³/mol. The minimum atomic E-state index is 0.668. The Balaban J connectivity index is 1.72. The summed E-state index contributed by atoms with van der Waals surface area (Å²) in [4.78, 5) is 0. The van der Waals surface area contributed by atoms with Gasteiger partial charge in [0.15, 0.2) is 5.16 Å². The zero-order valence-electron chi connectivity index (χ0n) is 9.04. The van der Waals surface area contributed by atoms with Crippen LogP contribution >= 0.6 is 11.8 Å². The lowest BCUT2D eigenvalue weighted by Gasteiger charge is -2.04. The van der Waals surface area contributed by atoms with Crippen molar-refractivity contribution in [3.63, 3.8) is 0 Å². The van der Waals surface area contributed by atoms with Crippen molar-refractivity contribution >= 4 is 11.8 Å². The molecular weight excluding hydrogens is 222 g/mol. The molecule has 4 nitrogen and oxygen atoms in total. The third-order valence-corrected chi connectivity index (χ3v) is 2.99. The number of hydrogen-bond acceptors (Lipinski definition) is 4. The van der Waals surface area contributed by atoms with Crippen LogP contribution in [0.15, 0.2) is 41.8 Å². The van der Waals surface area contributed by atoms with Gasteiger partial charge in [0, 0.05) is 12.8 Å². The van der Waals surface area contributed by atoms with E-state index in [-0.39, 0.29) is 0 Å². The average Bonchev–Trinajstić information content (AvgIpc) is 2.72. The lowest BCUT2D eigenvalue weighted by molar-refractivity contribution is 0.344. The fourth-order valence-corrected chi connectivity index (χ4v) is 1.92. The Kier molecular flexibility index (Phi) is 3.82.